The van der Waals surface area contributed by atoms with Crippen molar-refractivity contribution in [2.45, 2.75) is 64.0 Å². The predicted octanol–water partition coefficient (Wildman–Crippen LogP) is 1.76. The fourth-order valence-corrected chi connectivity index (χ4v) is 3.58. The summed E-state index contributed by atoms with van der Waals surface area (Å²) in [6.45, 7) is 5.02. The molecule has 1 heterocycles. The lowest BCUT2D eigenvalue weighted by Crippen LogP contribution is -2.47. The zero-order valence-corrected chi connectivity index (χ0v) is 13.2. The van der Waals surface area contributed by atoms with Crippen LogP contribution in [-0.2, 0) is 4.79 Å². The molecule has 0 spiro atoms. The number of amides is 1. The van der Waals surface area contributed by atoms with Crippen molar-refractivity contribution in [2.75, 3.05) is 26.7 Å². The van der Waals surface area contributed by atoms with Crippen molar-refractivity contribution in [1.82, 2.24) is 15.5 Å². The van der Waals surface area contributed by atoms with E-state index in [9.17, 15) is 4.79 Å². The van der Waals surface area contributed by atoms with E-state index in [1.54, 1.807) is 0 Å². The highest BCUT2D eigenvalue weighted by Gasteiger charge is 2.24. The number of nitrogens with zero attached hydrogens (tertiary/aromatic N) is 1. The Morgan fingerprint density at radius 3 is 2.75 bits per heavy atom. The maximum Gasteiger partial charge on any atom is 0.234 e. The number of hydrogen-bond donors (Lipinski definition) is 2. The van der Waals surface area contributed by atoms with Crippen LogP contribution in [0.3, 0.4) is 0 Å². The number of likely N-dealkylation sites (N-methyl/N-ethyl adjacent to an activating group) is 1. The molecule has 3 unspecified atom stereocenters. The summed E-state index contributed by atoms with van der Waals surface area (Å²) < 4.78 is 0. The fourth-order valence-electron chi connectivity index (χ4n) is 3.58. The summed E-state index contributed by atoms with van der Waals surface area (Å²) in [6, 6.07) is 0.958. The third-order valence-corrected chi connectivity index (χ3v) is 5.02. The average Bonchev–Trinajstić information content (AvgIpc) is 2.70. The maximum atomic E-state index is 12.2. The molecule has 1 amide bonds. The van der Waals surface area contributed by atoms with Gasteiger partial charge < -0.3 is 10.6 Å². The standard InChI is InChI=1S/C16H31N3O/c1-13-6-3-4-8-15(13)18-16(20)12-19(2)14-7-5-10-17-11-9-14/h13-15,17H,3-12H2,1-2H3,(H,18,20). The zero-order chi connectivity index (χ0) is 14.4. The molecule has 2 rings (SSSR count). The SMILES string of the molecule is CC1CCCCC1NC(=O)CN(C)C1CCCNCC1. The van der Waals surface area contributed by atoms with Crippen molar-refractivity contribution < 1.29 is 4.79 Å². The molecule has 1 aliphatic carbocycles. The minimum absolute atomic E-state index is 0.212. The molecule has 2 aliphatic rings. The smallest absolute Gasteiger partial charge is 0.234 e. The Morgan fingerprint density at radius 2 is 1.95 bits per heavy atom. The van der Waals surface area contributed by atoms with E-state index in [0.717, 1.165) is 25.9 Å². The molecule has 1 saturated heterocycles. The first kappa shape index (κ1) is 15.8. The van der Waals surface area contributed by atoms with Crippen LogP contribution in [0.1, 0.15) is 51.9 Å². The molecule has 4 nitrogen and oxygen atoms in total. The van der Waals surface area contributed by atoms with E-state index in [4.69, 9.17) is 0 Å². The molecule has 4 heteroatoms. The number of nitrogens with one attached hydrogen (secondary N) is 2. The molecule has 20 heavy (non-hydrogen) atoms. The Bertz CT molecular complexity index is 300. The molecule has 0 radical (unpaired) electrons. The van der Waals surface area contributed by atoms with Gasteiger partial charge in [-0.1, -0.05) is 19.8 Å². The highest BCUT2D eigenvalue weighted by molar-refractivity contribution is 5.78. The van der Waals surface area contributed by atoms with Gasteiger partial charge >= 0.3 is 0 Å². The Morgan fingerprint density at radius 1 is 1.15 bits per heavy atom. The zero-order valence-electron chi connectivity index (χ0n) is 13.2. The first-order valence-corrected chi connectivity index (χ1v) is 8.37. The summed E-state index contributed by atoms with van der Waals surface area (Å²) in [5, 5.41) is 6.69. The van der Waals surface area contributed by atoms with Crippen LogP contribution in [0, 0.1) is 5.92 Å². The first-order chi connectivity index (χ1) is 9.66. The first-order valence-electron chi connectivity index (χ1n) is 8.37. The van der Waals surface area contributed by atoms with Crippen LogP contribution in [0.15, 0.2) is 0 Å². The van der Waals surface area contributed by atoms with E-state index in [2.05, 4.69) is 29.5 Å². The normalized spacial score (nSPS) is 31.9. The van der Waals surface area contributed by atoms with Crippen LogP contribution in [0.2, 0.25) is 0 Å². The molecule has 0 bridgehead atoms. The van der Waals surface area contributed by atoms with Gasteiger partial charge in [-0.25, -0.2) is 0 Å². The van der Waals surface area contributed by atoms with Crippen molar-refractivity contribution in [3.05, 3.63) is 0 Å². The van der Waals surface area contributed by atoms with E-state index in [1.807, 2.05) is 0 Å². The summed E-state index contributed by atoms with van der Waals surface area (Å²) in [5.41, 5.74) is 0. The molecule has 1 saturated carbocycles. The van der Waals surface area contributed by atoms with Gasteiger partial charge in [0.1, 0.15) is 0 Å². The largest absolute Gasteiger partial charge is 0.352 e. The molecule has 0 aromatic heterocycles. The van der Waals surface area contributed by atoms with Crippen LogP contribution in [0.5, 0.6) is 0 Å². The van der Waals surface area contributed by atoms with Crippen molar-refractivity contribution >= 4 is 5.91 Å². The monoisotopic (exact) mass is 281 g/mol. The van der Waals surface area contributed by atoms with Gasteiger partial charge in [-0.3, -0.25) is 9.69 Å². The number of hydrogen-bond acceptors (Lipinski definition) is 3. The van der Waals surface area contributed by atoms with E-state index >= 15 is 0 Å². The molecule has 116 valence electrons. The molecular weight excluding hydrogens is 250 g/mol. The van der Waals surface area contributed by atoms with E-state index < -0.39 is 0 Å². The van der Waals surface area contributed by atoms with Gasteiger partial charge in [0.05, 0.1) is 6.54 Å². The van der Waals surface area contributed by atoms with E-state index in [-0.39, 0.29) is 5.91 Å². The molecule has 3 atom stereocenters. The average molecular weight is 281 g/mol. The summed E-state index contributed by atoms with van der Waals surface area (Å²) in [4.78, 5) is 14.5. The van der Waals surface area contributed by atoms with Gasteiger partial charge in [-0.05, 0) is 58.2 Å². The van der Waals surface area contributed by atoms with E-state index in [1.165, 1.54) is 32.1 Å². The van der Waals surface area contributed by atoms with Crippen LogP contribution in [0.25, 0.3) is 0 Å². The van der Waals surface area contributed by atoms with Crippen LogP contribution in [0.4, 0.5) is 0 Å². The fraction of sp³-hybridized carbons (Fsp3) is 0.938. The molecule has 0 aromatic rings. The molecule has 2 N–H and O–H groups in total. The highest BCUT2D eigenvalue weighted by Crippen LogP contribution is 2.23. The predicted molar refractivity (Wildman–Crippen MR) is 82.7 cm³/mol. The quantitative estimate of drug-likeness (QED) is 0.825. The van der Waals surface area contributed by atoms with Gasteiger partial charge in [0, 0.05) is 12.1 Å². The van der Waals surface area contributed by atoms with Crippen molar-refractivity contribution in [2.24, 2.45) is 5.92 Å². The minimum atomic E-state index is 0.212. The van der Waals surface area contributed by atoms with Crippen LogP contribution < -0.4 is 10.6 Å². The lowest BCUT2D eigenvalue weighted by Gasteiger charge is -2.31. The van der Waals surface area contributed by atoms with Gasteiger partial charge in [0.25, 0.3) is 0 Å². The lowest BCUT2D eigenvalue weighted by molar-refractivity contribution is -0.123. The van der Waals surface area contributed by atoms with Crippen LogP contribution in [-0.4, -0.2) is 49.6 Å². The van der Waals surface area contributed by atoms with Gasteiger partial charge in [-0.15, -0.1) is 0 Å². The highest BCUT2D eigenvalue weighted by atomic mass is 16.2. The van der Waals surface area contributed by atoms with Gasteiger partial charge in [0.15, 0.2) is 0 Å². The number of carbonyl (C=O) groups excluding carboxylic acids is 1. The van der Waals surface area contributed by atoms with Crippen LogP contribution >= 0.6 is 0 Å². The Balaban J connectivity index is 1.75. The summed E-state index contributed by atoms with van der Waals surface area (Å²) in [6.07, 6.45) is 8.58. The maximum absolute atomic E-state index is 12.2. The lowest BCUT2D eigenvalue weighted by atomic mass is 9.86. The van der Waals surface area contributed by atoms with Crippen molar-refractivity contribution in [3.63, 3.8) is 0 Å². The second kappa shape index (κ2) is 7.99. The van der Waals surface area contributed by atoms with E-state index in [0.29, 0.717) is 24.5 Å². The number of rotatable bonds is 4. The Hall–Kier alpha value is -0.610. The second-order valence-electron chi connectivity index (χ2n) is 6.69. The third kappa shape index (κ3) is 4.74. The third-order valence-electron chi connectivity index (χ3n) is 5.02. The molecule has 2 fully saturated rings. The van der Waals surface area contributed by atoms with Crippen molar-refractivity contribution in [3.8, 4) is 0 Å². The summed E-state index contributed by atoms with van der Waals surface area (Å²) in [7, 11) is 2.10. The second-order valence-corrected chi connectivity index (χ2v) is 6.69. The molecule has 1 aliphatic heterocycles. The summed E-state index contributed by atoms with van der Waals surface area (Å²) >= 11 is 0. The topological polar surface area (TPSA) is 44.4 Å². The molecular formula is C16H31N3O. The van der Waals surface area contributed by atoms with Gasteiger partial charge in [-0.2, -0.15) is 0 Å². The van der Waals surface area contributed by atoms with Crippen molar-refractivity contribution in [1.29, 1.82) is 0 Å². The Labute approximate surface area is 123 Å². The van der Waals surface area contributed by atoms with Gasteiger partial charge in [0.2, 0.25) is 5.91 Å². The summed E-state index contributed by atoms with van der Waals surface area (Å²) in [5.74, 6) is 0.851. The minimum Gasteiger partial charge on any atom is -0.352 e. The molecule has 0 aromatic carbocycles. The number of carbonyl (C=O) groups is 1. The Kier molecular flexibility index (Phi) is 6.30.